The molecule has 0 saturated heterocycles. The van der Waals surface area contributed by atoms with Crippen molar-refractivity contribution in [1.29, 1.82) is 0 Å². The molecule has 0 saturated carbocycles. The van der Waals surface area contributed by atoms with Gasteiger partial charge in [-0.3, -0.25) is 0 Å². The summed E-state index contributed by atoms with van der Waals surface area (Å²) in [4.78, 5) is 23.7. The van der Waals surface area contributed by atoms with Gasteiger partial charge in [0.2, 0.25) is 0 Å². The third-order valence-electron chi connectivity index (χ3n) is 4.84. The number of aromatic nitrogens is 1. The van der Waals surface area contributed by atoms with Crippen molar-refractivity contribution in [2.24, 2.45) is 0 Å². The number of fused-ring (bicyclic) bond motifs is 1. The molecule has 2 heterocycles. The molecule has 29 heavy (non-hydrogen) atoms. The van der Waals surface area contributed by atoms with Crippen molar-refractivity contribution in [3.8, 4) is 11.3 Å². The Balaban J connectivity index is 1.98. The Bertz CT molecular complexity index is 877. The molecule has 0 fully saturated rings. The number of nitrogens with zero attached hydrogens (tertiary/aromatic N) is 1. The highest BCUT2D eigenvalue weighted by Crippen LogP contribution is 2.37. The second kappa shape index (κ2) is 9.45. The molecule has 2 N–H and O–H groups in total. The molecule has 0 unspecified atom stereocenters. The molecular weight excluding hydrogens is 377 g/mol. The first-order valence-electron chi connectivity index (χ1n) is 9.85. The Hall–Kier alpha value is -3.03. The first kappa shape index (κ1) is 20.7. The van der Waals surface area contributed by atoms with E-state index in [1.54, 1.807) is 12.1 Å². The SMILES string of the molecule is CCNC(=O)OCc1c(COC(=O)NCC)c(-c2ccc(F)cc2)n2c1CCC2. The van der Waals surface area contributed by atoms with Gasteiger partial charge in [-0.15, -0.1) is 0 Å². The lowest BCUT2D eigenvalue weighted by Gasteiger charge is -2.12. The van der Waals surface area contributed by atoms with Crippen molar-refractivity contribution in [3.63, 3.8) is 0 Å². The summed E-state index contributed by atoms with van der Waals surface area (Å²) in [6, 6.07) is 6.23. The Morgan fingerprint density at radius 3 is 2.17 bits per heavy atom. The van der Waals surface area contributed by atoms with E-state index in [1.807, 2.05) is 13.8 Å². The normalized spacial score (nSPS) is 12.4. The number of ether oxygens (including phenoxy) is 2. The third-order valence-corrected chi connectivity index (χ3v) is 4.84. The van der Waals surface area contributed by atoms with Crippen LogP contribution in [0.4, 0.5) is 14.0 Å². The zero-order valence-corrected chi connectivity index (χ0v) is 16.7. The van der Waals surface area contributed by atoms with Gasteiger partial charge >= 0.3 is 12.2 Å². The Morgan fingerprint density at radius 2 is 1.59 bits per heavy atom. The van der Waals surface area contributed by atoms with Gasteiger partial charge in [0.05, 0.1) is 5.69 Å². The number of halogens is 1. The number of amides is 2. The number of hydrogen-bond acceptors (Lipinski definition) is 4. The second-order valence-corrected chi connectivity index (χ2v) is 6.73. The summed E-state index contributed by atoms with van der Waals surface area (Å²) in [5.74, 6) is -0.318. The quantitative estimate of drug-likeness (QED) is 0.738. The molecule has 0 spiro atoms. The highest BCUT2D eigenvalue weighted by molar-refractivity contribution is 5.71. The zero-order chi connectivity index (χ0) is 20.8. The standard InChI is InChI=1S/C21H26FN3O4/c1-3-23-20(26)28-12-16-17(13-29-21(27)24-4-2)19(25-11-5-6-18(16)25)14-7-9-15(22)10-8-14/h7-10H,3-6,11-13H2,1-2H3,(H,23,26)(H,24,27). The minimum Gasteiger partial charge on any atom is -0.445 e. The van der Waals surface area contributed by atoms with Crippen molar-refractivity contribution >= 4 is 12.2 Å². The highest BCUT2D eigenvalue weighted by Gasteiger charge is 2.28. The smallest absolute Gasteiger partial charge is 0.407 e. The van der Waals surface area contributed by atoms with Crippen LogP contribution >= 0.6 is 0 Å². The number of carbonyl (C=O) groups excluding carboxylic acids is 2. The molecular formula is C21H26FN3O4. The lowest BCUT2D eigenvalue weighted by Crippen LogP contribution is -2.24. The summed E-state index contributed by atoms with van der Waals surface area (Å²) >= 11 is 0. The summed E-state index contributed by atoms with van der Waals surface area (Å²) in [5, 5.41) is 5.22. The minimum atomic E-state index is -0.514. The molecule has 1 aliphatic rings. The maximum atomic E-state index is 13.5. The number of alkyl carbamates (subject to hydrolysis) is 2. The predicted molar refractivity (Wildman–Crippen MR) is 106 cm³/mol. The molecule has 0 aliphatic carbocycles. The molecule has 1 aromatic carbocycles. The van der Waals surface area contributed by atoms with Gasteiger partial charge < -0.3 is 24.7 Å². The Morgan fingerprint density at radius 1 is 1.00 bits per heavy atom. The highest BCUT2D eigenvalue weighted by atomic mass is 19.1. The molecule has 156 valence electrons. The summed E-state index contributed by atoms with van der Waals surface area (Å²) in [5.41, 5.74) is 4.38. The lowest BCUT2D eigenvalue weighted by atomic mass is 10.0. The van der Waals surface area contributed by atoms with E-state index < -0.39 is 12.2 Å². The first-order chi connectivity index (χ1) is 14.0. The molecule has 8 heteroatoms. The average Bonchev–Trinajstić information content (AvgIpc) is 3.26. The van der Waals surface area contributed by atoms with Gasteiger partial charge in [0.1, 0.15) is 19.0 Å². The van der Waals surface area contributed by atoms with E-state index in [0.29, 0.717) is 13.1 Å². The van der Waals surface area contributed by atoms with Crippen molar-refractivity contribution in [2.45, 2.75) is 46.4 Å². The van der Waals surface area contributed by atoms with E-state index >= 15 is 0 Å². The summed E-state index contributed by atoms with van der Waals surface area (Å²) in [7, 11) is 0. The third kappa shape index (κ3) is 4.70. The van der Waals surface area contributed by atoms with Crippen LogP contribution in [0.2, 0.25) is 0 Å². The second-order valence-electron chi connectivity index (χ2n) is 6.73. The van der Waals surface area contributed by atoms with Crippen LogP contribution in [0.25, 0.3) is 11.3 Å². The van der Waals surface area contributed by atoms with Crippen LogP contribution in [0.15, 0.2) is 24.3 Å². The minimum absolute atomic E-state index is 0.0344. The van der Waals surface area contributed by atoms with Gasteiger partial charge in [-0.05, 0) is 56.5 Å². The predicted octanol–water partition coefficient (Wildman–Crippen LogP) is 3.73. The molecule has 0 radical (unpaired) electrons. The van der Waals surface area contributed by atoms with Gasteiger partial charge in [-0.25, -0.2) is 14.0 Å². The molecule has 1 aliphatic heterocycles. The summed E-state index contributed by atoms with van der Waals surface area (Å²) in [6.07, 6.45) is 0.794. The van der Waals surface area contributed by atoms with Crippen molar-refractivity contribution in [1.82, 2.24) is 15.2 Å². The fraction of sp³-hybridized carbons (Fsp3) is 0.429. The summed E-state index contributed by atoms with van der Waals surface area (Å²) < 4.78 is 26.4. The number of carbonyl (C=O) groups is 2. The zero-order valence-electron chi connectivity index (χ0n) is 16.7. The number of benzene rings is 1. The maximum absolute atomic E-state index is 13.5. The van der Waals surface area contributed by atoms with E-state index in [0.717, 1.165) is 47.5 Å². The average molecular weight is 403 g/mol. The van der Waals surface area contributed by atoms with Crippen LogP contribution in [0.1, 0.15) is 37.1 Å². The van der Waals surface area contributed by atoms with E-state index in [2.05, 4.69) is 15.2 Å². The van der Waals surface area contributed by atoms with E-state index in [-0.39, 0.29) is 19.0 Å². The first-order valence-corrected chi connectivity index (χ1v) is 9.85. The van der Waals surface area contributed by atoms with Gasteiger partial charge in [0.25, 0.3) is 0 Å². The monoisotopic (exact) mass is 403 g/mol. The van der Waals surface area contributed by atoms with Crippen LogP contribution in [-0.2, 0) is 35.7 Å². The van der Waals surface area contributed by atoms with Gasteiger partial charge in [0.15, 0.2) is 0 Å². The molecule has 0 bridgehead atoms. The topological polar surface area (TPSA) is 81.6 Å². The van der Waals surface area contributed by atoms with Gasteiger partial charge in [0, 0.05) is 36.5 Å². The molecule has 2 aromatic rings. The van der Waals surface area contributed by atoms with Crippen LogP contribution < -0.4 is 10.6 Å². The van der Waals surface area contributed by atoms with Crippen molar-refractivity contribution in [3.05, 3.63) is 46.9 Å². The number of hydrogen-bond donors (Lipinski definition) is 2. The number of nitrogens with one attached hydrogen (secondary N) is 2. The van der Waals surface area contributed by atoms with Crippen LogP contribution in [0.5, 0.6) is 0 Å². The molecule has 7 nitrogen and oxygen atoms in total. The Labute approximate surface area is 169 Å². The van der Waals surface area contributed by atoms with Crippen molar-refractivity contribution < 1.29 is 23.5 Å². The fourth-order valence-electron chi connectivity index (χ4n) is 3.64. The maximum Gasteiger partial charge on any atom is 0.407 e. The van der Waals surface area contributed by atoms with Crippen LogP contribution in [-0.4, -0.2) is 29.8 Å². The molecule has 1 aromatic heterocycles. The van der Waals surface area contributed by atoms with E-state index in [4.69, 9.17) is 9.47 Å². The molecule has 0 atom stereocenters. The van der Waals surface area contributed by atoms with Gasteiger partial charge in [-0.1, -0.05) is 0 Å². The van der Waals surface area contributed by atoms with Gasteiger partial charge in [-0.2, -0.15) is 0 Å². The van der Waals surface area contributed by atoms with Crippen LogP contribution in [0, 0.1) is 5.82 Å². The Kier molecular flexibility index (Phi) is 6.74. The van der Waals surface area contributed by atoms with Crippen LogP contribution in [0.3, 0.4) is 0 Å². The largest absolute Gasteiger partial charge is 0.445 e. The van der Waals surface area contributed by atoms with E-state index in [1.165, 1.54) is 12.1 Å². The lowest BCUT2D eigenvalue weighted by molar-refractivity contribution is 0.132. The van der Waals surface area contributed by atoms with Crippen molar-refractivity contribution in [2.75, 3.05) is 13.1 Å². The van der Waals surface area contributed by atoms with E-state index in [9.17, 15) is 14.0 Å². The summed E-state index contributed by atoms with van der Waals surface area (Å²) in [6.45, 7) is 5.48. The fourth-order valence-corrected chi connectivity index (χ4v) is 3.64. The molecule has 3 rings (SSSR count). The molecule has 2 amide bonds. The number of rotatable bonds is 7.